The van der Waals surface area contributed by atoms with E-state index in [0.717, 1.165) is 16.8 Å². The number of hydrogen-bond donors (Lipinski definition) is 2. The van der Waals surface area contributed by atoms with Gasteiger partial charge in [0.25, 0.3) is 11.5 Å². The standard InChI is InChI=1S/C29H29FN4O4/c1-5-19-9-13-24(23(30)14-19)33-28-27(29(36)32-16-20-7-11-21(37-4)12-8-20)25(15-26(35)34(28)3)38-22-10-6-18(2)31-17-22/h6-15,17,33H,5,16H2,1-4H3,(H,32,36). The Morgan fingerprint density at radius 3 is 2.37 bits per heavy atom. The molecule has 0 radical (unpaired) electrons. The fourth-order valence-electron chi connectivity index (χ4n) is 3.79. The summed E-state index contributed by atoms with van der Waals surface area (Å²) in [6, 6.07) is 16.7. The number of ether oxygens (including phenoxy) is 2. The Labute approximate surface area is 220 Å². The molecule has 0 saturated heterocycles. The first-order valence-corrected chi connectivity index (χ1v) is 12.1. The molecule has 1 amide bonds. The highest BCUT2D eigenvalue weighted by molar-refractivity contribution is 6.02. The zero-order chi connectivity index (χ0) is 27.2. The zero-order valence-corrected chi connectivity index (χ0v) is 21.7. The lowest BCUT2D eigenvalue weighted by molar-refractivity contribution is 0.0948. The van der Waals surface area contributed by atoms with Gasteiger partial charge < -0.3 is 20.1 Å². The van der Waals surface area contributed by atoms with Crippen LogP contribution in [0.3, 0.4) is 0 Å². The van der Waals surface area contributed by atoms with Crippen molar-refractivity contribution in [3.8, 4) is 17.2 Å². The molecule has 9 heteroatoms. The van der Waals surface area contributed by atoms with E-state index in [9.17, 15) is 14.0 Å². The molecule has 0 aliphatic rings. The van der Waals surface area contributed by atoms with E-state index in [1.807, 2.05) is 26.0 Å². The average Bonchev–Trinajstić information content (AvgIpc) is 2.92. The highest BCUT2D eigenvalue weighted by Gasteiger charge is 2.23. The van der Waals surface area contributed by atoms with Crippen molar-refractivity contribution in [2.24, 2.45) is 7.05 Å². The number of anilines is 2. The number of carbonyl (C=O) groups excluding carboxylic acids is 1. The summed E-state index contributed by atoms with van der Waals surface area (Å²) in [5.41, 5.74) is 2.16. The van der Waals surface area contributed by atoms with Gasteiger partial charge in [0.05, 0.1) is 19.0 Å². The SMILES string of the molecule is CCc1ccc(Nc2c(C(=O)NCc3ccc(OC)cc3)c(Oc3ccc(C)nc3)cc(=O)n2C)c(F)c1. The summed E-state index contributed by atoms with van der Waals surface area (Å²) in [6.45, 7) is 3.97. The van der Waals surface area contributed by atoms with E-state index in [2.05, 4.69) is 15.6 Å². The summed E-state index contributed by atoms with van der Waals surface area (Å²) in [4.78, 5) is 30.7. The minimum Gasteiger partial charge on any atom is -0.497 e. The lowest BCUT2D eigenvalue weighted by Crippen LogP contribution is -2.29. The Balaban J connectivity index is 1.75. The van der Waals surface area contributed by atoms with Gasteiger partial charge in [-0.3, -0.25) is 19.1 Å². The van der Waals surface area contributed by atoms with Gasteiger partial charge in [0.1, 0.15) is 34.4 Å². The van der Waals surface area contributed by atoms with Crippen LogP contribution in [0.15, 0.2) is 71.7 Å². The molecule has 2 N–H and O–H groups in total. The summed E-state index contributed by atoms with van der Waals surface area (Å²) in [6.07, 6.45) is 2.17. The second-order valence-electron chi connectivity index (χ2n) is 8.69. The summed E-state index contributed by atoms with van der Waals surface area (Å²) in [7, 11) is 3.08. The van der Waals surface area contributed by atoms with Crippen molar-refractivity contribution in [1.29, 1.82) is 0 Å². The summed E-state index contributed by atoms with van der Waals surface area (Å²) in [5.74, 6) is 0.123. The van der Waals surface area contributed by atoms with Crippen LogP contribution in [-0.4, -0.2) is 22.6 Å². The smallest absolute Gasteiger partial charge is 0.259 e. The lowest BCUT2D eigenvalue weighted by atomic mass is 10.1. The van der Waals surface area contributed by atoms with E-state index >= 15 is 0 Å². The van der Waals surface area contributed by atoms with Crippen molar-refractivity contribution in [2.45, 2.75) is 26.8 Å². The molecule has 0 aliphatic carbocycles. The third-order valence-corrected chi connectivity index (χ3v) is 6.05. The number of rotatable bonds is 9. The largest absolute Gasteiger partial charge is 0.497 e. The van der Waals surface area contributed by atoms with Crippen LogP contribution < -0.4 is 25.7 Å². The number of pyridine rings is 2. The maximum Gasteiger partial charge on any atom is 0.259 e. The maximum atomic E-state index is 14.9. The Kier molecular flexibility index (Phi) is 8.06. The maximum absolute atomic E-state index is 14.9. The van der Waals surface area contributed by atoms with Crippen molar-refractivity contribution in [2.75, 3.05) is 12.4 Å². The van der Waals surface area contributed by atoms with Gasteiger partial charge in [-0.25, -0.2) is 4.39 Å². The van der Waals surface area contributed by atoms with Crippen LogP contribution in [0.4, 0.5) is 15.9 Å². The van der Waals surface area contributed by atoms with Gasteiger partial charge >= 0.3 is 0 Å². The van der Waals surface area contributed by atoms with E-state index in [0.29, 0.717) is 17.9 Å². The van der Waals surface area contributed by atoms with Crippen LogP contribution in [0.2, 0.25) is 0 Å². The predicted molar refractivity (Wildman–Crippen MR) is 144 cm³/mol. The number of benzene rings is 2. The van der Waals surface area contributed by atoms with E-state index in [4.69, 9.17) is 9.47 Å². The minimum absolute atomic E-state index is 0.0130. The normalized spacial score (nSPS) is 10.7. The molecule has 196 valence electrons. The Bertz CT molecular complexity index is 1500. The summed E-state index contributed by atoms with van der Waals surface area (Å²) in [5, 5.41) is 5.81. The molecule has 4 rings (SSSR count). The van der Waals surface area contributed by atoms with Gasteiger partial charge in [0, 0.05) is 25.4 Å². The van der Waals surface area contributed by atoms with Gasteiger partial charge in [-0.2, -0.15) is 0 Å². The van der Waals surface area contributed by atoms with Gasteiger partial charge in [-0.15, -0.1) is 0 Å². The molecule has 0 unspecified atom stereocenters. The second-order valence-corrected chi connectivity index (χ2v) is 8.69. The predicted octanol–water partition coefficient (Wildman–Crippen LogP) is 5.26. The number of carbonyl (C=O) groups is 1. The van der Waals surface area contributed by atoms with Gasteiger partial charge in [-0.1, -0.05) is 25.1 Å². The minimum atomic E-state index is -0.514. The first kappa shape index (κ1) is 26.4. The van der Waals surface area contributed by atoms with Gasteiger partial charge in [0.15, 0.2) is 0 Å². The third-order valence-electron chi connectivity index (χ3n) is 6.05. The monoisotopic (exact) mass is 516 g/mol. The molecule has 2 aromatic carbocycles. The number of halogens is 1. The molecule has 4 aromatic rings. The van der Waals surface area contributed by atoms with Crippen LogP contribution >= 0.6 is 0 Å². The third kappa shape index (κ3) is 6.00. The lowest BCUT2D eigenvalue weighted by Gasteiger charge is -2.20. The van der Waals surface area contributed by atoms with Gasteiger partial charge in [0.2, 0.25) is 0 Å². The van der Waals surface area contributed by atoms with Crippen LogP contribution in [0.5, 0.6) is 17.2 Å². The molecule has 0 bridgehead atoms. The molecular formula is C29H29FN4O4. The molecule has 2 heterocycles. The number of hydrogen-bond acceptors (Lipinski definition) is 6. The van der Waals surface area contributed by atoms with Gasteiger partial charge in [-0.05, 0) is 60.9 Å². The van der Waals surface area contributed by atoms with E-state index in [1.165, 1.54) is 29.9 Å². The molecule has 8 nitrogen and oxygen atoms in total. The molecule has 0 aliphatic heterocycles. The Morgan fingerprint density at radius 1 is 1.03 bits per heavy atom. The molecule has 0 spiro atoms. The van der Waals surface area contributed by atoms with Crippen molar-refractivity contribution in [1.82, 2.24) is 14.9 Å². The Hall–Kier alpha value is -4.66. The first-order chi connectivity index (χ1) is 18.3. The number of methoxy groups -OCH3 is 1. The summed E-state index contributed by atoms with van der Waals surface area (Å²) < 4.78 is 27.3. The van der Waals surface area contributed by atoms with Crippen LogP contribution in [0.25, 0.3) is 0 Å². The van der Waals surface area contributed by atoms with Crippen LogP contribution in [0.1, 0.15) is 34.1 Å². The number of aromatic nitrogens is 2. The molecular weight excluding hydrogens is 487 g/mol. The van der Waals surface area contributed by atoms with Crippen LogP contribution in [0, 0.1) is 12.7 Å². The van der Waals surface area contributed by atoms with Crippen molar-refractivity contribution in [3.05, 3.63) is 105 Å². The number of nitrogens with one attached hydrogen (secondary N) is 2. The molecule has 0 saturated carbocycles. The topological polar surface area (TPSA) is 94.5 Å². The molecule has 2 aromatic heterocycles. The highest BCUT2D eigenvalue weighted by Crippen LogP contribution is 2.31. The van der Waals surface area contributed by atoms with Crippen molar-refractivity contribution < 1.29 is 18.7 Å². The van der Waals surface area contributed by atoms with Crippen molar-refractivity contribution >= 4 is 17.4 Å². The second kappa shape index (κ2) is 11.6. The number of aryl methyl sites for hydroxylation is 2. The zero-order valence-electron chi connectivity index (χ0n) is 21.7. The Morgan fingerprint density at radius 2 is 1.74 bits per heavy atom. The van der Waals surface area contributed by atoms with Crippen molar-refractivity contribution in [3.63, 3.8) is 0 Å². The highest BCUT2D eigenvalue weighted by atomic mass is 19.1. The first-order valence-electron chi connectivity index (χ1n) is 12.1. The van der Waals surface area contributed by atoms with E-state index < -0.39 is 17.3 Å². The van der Waals surface area contributed by atoms with E-state index in [-0.39, 0.29) is 29.4 Å². The average molecular weight is 517 g/mol. The molecule has 0 atom stereocenters. The fraction of sp³-hybridized carbons (Fsp3) is 0.207. The van der Waals surface area contributed by atoms with Crippen LogP contribution in [-0.2, 0) is 20.0 Å². The number of amides is 1. The van der Waals surface area contributed by atoms with E-state index in [1.54, 1.807) is 43.5 Å². The fourth-order valence-corrected chi connectivity index (χ4v) is 3.79. The molecule has 38 heavy (non-hydrogen) atoms. The number of nitrogens with zero attached hydrogens (tertiary/aromatic N) is 2. The molecule has 0 fully saturated rings. The summed E-state index contributed by atoms with van der Waals surface area (Å²) >= 11 is 0. The quantitative estimate of drug-likeness (QED) is 0.315.